The first-order valence-electron chi connectivity index (χ1n) is 7.88. The van der Waals surface area contributed by atoms with Crippen molar-refractivity contribution in [1.82, 2.24) is 0 Å². The highest BCUT2D eigenvalue weighted by Crippen LogP contribution is 2.24. The Balaban J connectivity index is 1.73. The molecule has 0 unspecified atom stereocenters. The molecule has 0 aromatic heterocycles. The molecule has 0 heterocycles. The van der Waals surface area contributed by atoms with Crippen molar-refractivity contribution in [3.05, 3.63) is 99.5 Å². The topological polar surface area (TPSA) is 26.3 Å². The van der Waals surface area contributed by atoms with Gasteiger partial charge in [-0.25, -0.2) is 0 Å². The van der Waals surface area contributed by atoms with E-state index in [-0.39, 0.29) is 12.4 Å². The Morgan fingerprint density at radius 1 is 0.840 bits per heavy atom. The molecule has 0 aliphatic heterocycles. The maximum Gasteiger partial charge on any atom is 0.315 e. The van der Waals surface area contributed by atoms with Crippen LogP contribution in [0.1, 0.15) is 16.7 Å². The van der Waals surface area contributed by atoms with Crippen LogP contribution in [0.3, 0.4) is 0 Å². The van der Waals surface area contributed by atoms with Crippen molar-refractivity contribution in [2.45, 2.75) is 12.8 Å². The number of benzene rings is 3. The van der Waals surface area contributed by atoms with Gasteiger partial charge in [-0.05, 0) is 34.9 Å². The van der Waals surface area contributed by atoms with Gasteiger partial charge >= 0.3 is 5.97 Å². The van der Waals surface area contributed by atoms with Crippen molar-refractivity contribution in [3.63, 3.8) is 0 Å². The highest BCUT2D eigenvalue weighted by atomic mass is 35.5. The van der Waals surface area contributed by atoms with Gasteiger partial charge in [0.1, 0.15) is 5.75 Å². The van der Waals surface area contributed by atoms with E-state index in [1.807, 2.05) is 48.5 Å². The lowest BCUT2D eigenvalue weighted by atomic mass is 10.0. The predicted molar refractivity (Wildman–Crippen MR) is 101 cm³/mol. The Bertz CT molecular complexity index is 876. The summed E-state index contributed by atoms with van der Waals surface area (Å²) in [5, 5.41) is 0.998. The van der Waals surface area contributed by atoms with Crippen LogP contribution in [0.2, 0.25) is 10.0 Å². The maximum absolute atomic E-state index is 12.3. The lowest BCUT2D eigenvalue weighted by Gasteiger charge is -2.11. The van der Waals surface area contributed by atoms with Crippen LogP contribution in [-0.2, 0) is 17.6 Å². The Morgan fingerprint density at radius 2 is 1.56 bits per heavy atom. The molecule has 0 spiro atoms. The van der Waals surface area contributed by atoms with Gasteiger partial charge in [-0.1, -0.05) is 77.8 Å². The number of rotatable bonds is 5. The number of carbonyl (C=O) groups excluding carboxylic acids is 1. The molecule has 0 saturated heterocycles. The lowest BCUT2D eigenvalue weighted by molar-refractivity contribution is -0.133. The first kappa shape index (κ1) is 17.5. The zero-order valence-electron chi connectivity index (χ0n) is 13.4. The Morgan fingerprint density at radius 3 is 2.32 bits per heavy atom. The Hall–Kier alpha value is -2.29. The molecular weight excluding hydrogens is 355 g/mol. The summed E-state index contributed by atoms with van der Waals surface area (Å²) in [5.41, 5.74) is 2.81. The summed E-state index contributed by atoms with van der Waals surface area (Å²) in [4.78, 5) is 12.3. The molecule has 3 aromatic carbocycles. The van der Waals surface area contributed by atoms with Gasteiger partial charge in [-0.3, -0.25) is 4.79 Å². The van der Waals surface area contributed by atoms with E-state index >= 15 is 0 Å². The number of halogens is 2. The summed E-state index contributed by atoms with van der Waals surface area (Å²) in [6.45, 7) is 0. The van der Waals surface area contributed by atoms with Crippen LogP contribution < -0.4 is 4.74 Å². The van der Waals surface area contributed by atoms with Gasteiger partial charge in [0, 0.05) is 16.5 Å². The van der Waals surface area contributed by atoms with Crippen molar-refractivity contribution in [2.24, 2.45) is 0 Å². The van der Waals surface area contributed by atoms with Crippen molar-refractivity contribution >= 4 is 29.2 Å². The molecule has 0 fully saturated rings. The number of esters is 1. The molecule has 0 aliphatic rings. The normalized spacial score (nSPS) is 10.5. The first-order valence-corrected chi connectivity index (χ1v) is 8.64. The van der Waals surface area contributed by atoms with Crippen molar-refractivity contribution < 1.29 is 9.53 Å². The molecule has 0 radical (unpaired) electrons. The molecular formula is C21H16Cl2O2. The molecule has 4 heteroatoms. The van der Waals surface area contributed by atoms with Gasteiger partial charge in [-0.15, -0.1) is 0 Å². The van der Waals surface area contributed by atoms with Gasteiger partial charge < -0.3 is 4.74 Å². The molecule has 126 valence electrons. The molecule has 25 heavy (non-hydrogen) atoms. The fraction of sp³-hybridized carbons (Fsp3) is 0.0952. The van der Waals surface area contributed by atoms with E-state index in [1.54, 1.807) is 24.3 Å². The van der Waals surface area contributed by atoms with E-state index in [0.717, 1.165) is 11.1 Å². The standard InChI is InChI=1S/C21H16Cl2O2/c22-18-11-10-16(19(23)14-18)13-21(24)25-20-9-5-4-8-17(20)12-15-6-2-1-3-7-15/h1-11,14H,12-13H2. The van der Waals surface area contributed by atoms with Gasteiger partial charge in [0.05, 0.1) is 6.42 Å². The second-order valence-electron chi connectivity index (χ2n) is 5.66. The minimum Gasteiger partial charge on any atom is -0.426 e. The molecule has 0 atom stereocenters. The van der Waals surface area contributed by atoms with Gasteiger partial charge in [0.25, 0.3) is 0 Å². The molecule has 0 amide bonds. The average Bonchev–Trinajstić information content (AvgIpc) is 2.60. The second kappa shape index (κ2) is 8.19. The Kier molecular flexibility index (Phi) is 5.75. The molecule has 0 bridgehead atoms. The van der Waals surface area contributed by atoms with Gasteiger partial charge in [0.15, 0.2) is 0 Å². The Labute approximate surface area is 157 Å². The summed E-state index contributed by atoms with van der Waals surface area (Å²) in [5.74, 6) is 0.214. The van der Waals surface area contributed by atoms with Gasteiger partial charge in [-0.2, -0.15) is 0 Å². The van der Waals surface area contributed by atoms with E-state index in [4.69, 9.17) is 27.9 Å². The average molecular weight is 371 g/mol. The highest BCUT2D eigenvalue weighted by Gasteiger charge is 2.12. The second-order valence-corrected chi connectivity index (χ2v) is 6.50. The smallest absolute Gasteiger partial charge is 0.315 e. The van der Waals surface area contributed by atoms with Crippen LogP contribution in [0, 0.1) is 0 Å². The molecule has 0 saturated carbocycles. The number of carbonyl (C=O) groups is 1. The van der Waals surface area contributed by atoms with Crippen molar-refractivity contribution in [3.8, 4) is 5.75 Å². The van der Waals surface area contributed by atoms with Crippen LogP contribution in [0.15, 0.2) is 72.8 Å². The lowest BCUT2D eigenvalue weighted by Crippen LogP contribution is -2.12. The maximum atomic E-state index is 12.3. The molecule has 0 N–H and O–H groups in total. The summed E-state index contributed by atoms with van der Waals surface area (Å²) in [6.07, 6.45) is 0.793. The van der Waals surface area contributed by atoms with Crippen LogP contribution in [0.5, 0.6) is 5.75 Å². The molecule has 2 nitrogen and oxygen atoms in total. The SMILES string of the molecule is O=C(Cc1ccc(Cl)cc1Cl)Oc1ccccc1Cc1ccccc1. The largest absolute Gasteiger partial charge is 0.426 e. The fourth-order valence-corrected chi connectivity index (χ4v) is 3.02. The number of hydrogen-bond donors (Lipinski definition) is 0. The molecule has 3 aromatic rings. The quantitative estimate of drug-likeness (QED) is 0.423. The van der Waals surface area contributed by atoms with E-state index in [0.29, 0.717) is 27.8 Å². The van der Waals surface area contributed by atoms with Crippen LogP contribution in [0.4, 0.5) is 0 Å². The number of para-hydroxylation sites is 1. The van der Waals surface area contributed by atoms with Crippen molar-refractivity contribution in [2.75, 3.05) is 0 Å². The van der Waals surface area contributed by atoms with E-state index in [2.05, 4.69) is 0 Å². The zero-order chi connectivity index (χ0) is 17.6. The summed E-state index contributed by atoms with van der Waals surface area (Å²) < 4.78 is 5.58. The van der Waals surface area contributed by atoms with E-state index < -0.39 is 0 Å². The van der Waals surface area contributed by atoms with E-state index in [9.17, 15) is 4.79 Å². The summed E-state index contributed by atoms with van der Waals surface area (Å²) in [7, 11) is 0. The molecule has 0 aliphatic carbocycles. The summed E-state index contributed by atoms with van der Waals surface area (Å²) >= 11 is 12.0. The van der Waals surface area contributed by atoms with Crippen molar-refractivity contribution in [1.29, 1.82) is 0 Å². The molecule has 3 rings (SSSR count). The zero-order valence-corrected chi connectivity index (χ0v) is 14.9. The minimum atomic E-state index is -0.357. The monoisotopic (exact) mass is 370 g/mol. The van der Waals surface area contributed by atoms with Crippen LogP contribution in [0.25, 0.3) is 0 Å². The minimum absolute atomic E-state index is 0.0929. The third-order valence-corrected chi connectivity index (χ3v) is 4.37. The van der Waals surface area contributed by atoms with Gasteiger partial charge in [0.2, 0.25) is 0 Å². The highest BCUT2D eigenvalue weighted by molar-refractivity contribution is 6.35. The predicted octanol–water partition coefficient (Wildman–Crippen LogP) is 5.73. The van der Waals surface area contributed by atoms with Crippen LogP contribution >= 0.6 is 23.2 Å². The number of hydrogen-bond acceptors (Lipinski definition) is 2. The first-order chi connectivity index (χ1) is 12.1. The third-order valence-electron chi connectivity index (χ3n) is 3.78. The fourth-order valence-electron chi connectivity index (χ4n) is 2.54. The van der Waals surface area contributed by atoms with E-state index in [1.165, 1.54) is 0 Å². The van der Waals surface area contributed by atoms with Crippen LogP contribution in [-0.4, -0.2) is 5.97 Å². The number of ether oxygens (including phenoxy) is 1. The third kappa shape index (κ3) is 4.85. The summed E-state index contributed by atoms with van der Waals surface area (Å²) in [6, 6.07) is 22.7.